The summed E-state index contributed by atoms with van der Waals surface area (Å²) in [6.45, 7) is 2.53. The summed E-state index contributed by atoms with van der Waals surface area (Å²) >= 11 is 1.49. The number of hydrogen-bond acceptors (Lipinski definition) is 7. The molecule has 29 heavy (non-hydrogen) atoms. The van der Waals surface area contributed by atoms with Crippen LogP contribution in [-0.2, 0) is 17.0 Å². The van der Waals surface area contributed by atoms with Gasteiger partial charge in [-0.1, -0.05) is 42.1 Å². The van der Waals surface area contributed by atoms with Crippen LogP contribution in [0.5, 0.6) is 0 Å². The Balaban J connectivity index is 1.61. The molecule has 0 fully saturated rings. The number of benzene rings is 1. The Morgan fingerprint density at radius 3 is 2.69 bits per heavy atom. The molecule has 0 amide bonds. The number of aromatic nitrogens is 3. The summed E-state index contributed by atoms with van der Waals surface area (Å²) in [5, 5.41) is 9.54. The third kappa shape index (κ3) is 4.12. The Morgan fingerprint density at radius 1 is 1.14 bits per heavy atom. The fourth-order valence-corrected chi connectivity index (χ4v) is 3.75. The third-order valence-electron chi connectivity index (χ3n) is 4.39. The van der Waals surface area contributed by atoms with Crippen LogP contribution in [0, 0.1) is 6.92 Å². The van der Waals surface area contributed by atoms with Crippen molar-refractivity contribution in [3.8, 4) is 11.4 Å². The van der Waals surface area contributed by atoms with Crippen molar-refractivity contribution in [2.45, 2.75) is 24.4 Å². The zero-order chi connectivity index (χ0) is 20.2. The van der Waals surface area contributed by atoms with Crippen molar-refractivity contribution in [3.63, 3.8) is 0 Å². The van der Waals surface area contributed by atoms with Crippen molar-refractivity contribution in [1.82, 2.24) is 14.8 Å². The number of furan rings is 2. The Morgan fingerprint density at radius 2 is 1.97 bits per heavy atom. The van der Waals surface area contributed by atoms with Crippen LogP contribution in [0.15, 0.2) is 68.8 Å². The summed E-state index contributed by atoms with van der Waals surface area (Å²) < 4.78 is 17.7. The number of rotatable bonds is 7. The first-order valence-electron chi connectivity index (χ1n) is 8.97. The van der Waals surface area contributed by atoms with E-state index in [-0.39, 0.29) is 5.76 Å². The number of aryl methyl sites for hydroxylation is 1. The van der Waals surface area contributed by atoms with Gasteiger partial charge in [0.2, 0.25) is 5.76 Å². The van der Waals surface area contributed by atoms with Crippen LogP contribution in [0.4, 0.5) is 0 Å². The van der Waals surface area contributed by atoms with Gasteiger partial charge in [-0.2, -0.15) is 0 Å². The van der Waals surface area contributed by atoms with Crippen LogP contribution < -0.4 is 0 Å². The van der Waals surface area contributed by atoms with E-state index in [0.717, 1.165) is 27.9 Å². The van der Waals surface area contributed by atoms with Crippen LogP contribution in [0.3, 0.4) is 0 Å². The molecule has 3 heterocycles. The van der Waals surface area contributed by atoms with Gasteiger partial charge in [0.25, 0.3) is 0 Å². The summed E-state index contributed by atoms with van der Waals surface area (Å²) in [5.74, 6) is 2.39. The van der Waals surface area contributed by atoms with Gasteiger partial charge in [-0.25, -0.2) is 4.79 Å². The van der Waals surface area contributed by atoms with Gasteiger partial charge in [-0.05, 0) is 30.7 Å². The number of carbonyl (C=O) groups excluding carboxylic acids is 1. The van der Waals surface area contributed by atoms with E-state index in [1.165, 1.54) is 18.9 Å². The summed E-state index contributed by atoms with van der Waals surface area (Å²) in [6.07, 6.45) is 1.65. The molecule has 4 rings (SSSR count). The predicted octanol–water partition coefficient (Wildman–Crippen LogP) is 4.57. The highest BCUT2D eigenvalue weighted by Crippen LogP contribution is 2.29. The minimum atomic E-state index is -0.494. The van der Waals surface area contributed by atoms with E-state index in [9.17, 15) is 4.79 Å². The number of nitrogens with zero attached hydrogens (tertiary/aromatic N) is 3. The maximum absolute atomic E-state index is 11.6. The van der Waals surface area contributed by atoms with Gasteiger partial charge in [-0.15, -0.1) is 10.2 Å². The zero-order valence-electron chi connectivity index (χ0n) is 16.0. The first-order valence-corrected chi connectivity index (χ1v) is 9.95. The monoisotopic (exact) mass is 409 g/mol. The topological polar surface area (TPSA) is 83.3 Å². The molecule has 7 nitrogen and oxygen atoms in total. The molecule has 0 N–H and O–H groups in total. The molecule has 0 unspecified atom stereocenters. The number of ether oxygens (including phenoxy) is 1. The van der Waals surface area contributed by atoms with Crippen LogP contribution in [0.1, 0.15) is 27.6 Å². The molecule has 1 aromatic carbocycles. The fraction of sp³-hybridized carbons (Fsp3) is 0.190. The van der Waals surface area contributed by atoms with Crippen molar-refractivity contribution in [2.24, 2.45) is 0 Å². The minimum absolute atomic E-state index is 0.184. The average Bonchev–Trinajstić information content (AvgIpc) is 3.47. The minimum Gasteiger partial charge on any atom is -0.469 e. The highest BCUT2D eigenvalue weighted by atomic mass is 32.2. The standard InChI is InChI=1S/C21H19N3O4S/c1-14-17(10-11-27-14)19-22-23-21(24(19)12-15-6-4-3-5-7-15)29-13-16-8-9-18(28-16)20(25)26-2/h3-11H,12-13H2,1-2H3. The molecule has 0 saturated heterocycles. The third-order valence-corrected chi connectivity index (χ3v) is 5.38. The lowest BCUT2D eigenvalue weighted by Crippen LogP contribution is -2.04. The van der Waals surface area contributed by atoms with E-state index >= 15 is 0 Å². The largest absolute Gasteiger partial charge is 0.469 e. The van der Waals surface area contributed by atoms with Crippen molar-refractivity contribution in [2.75, 3.05) is 7.11 Å². The van der Waals surface area contributed by atoms with E-state index in [1.807, 2.05) is 31.2 Å². The first-order chi connectivity index (χ1) is 14.2. The van der Waals surface area contributed by atoms with Gasteiger partial charge in [0.05, 0.1) is 31.2 Å². The molecule has 0 saturated carbocycles. The van der Waals surface area contributed by atoms with E-state index in [4.69, 9.17) is 8.83 Å². The number of esters is 1. The summed E-state index contributed by atoms with van der Waals surface area (Å²) in [5.41, 5.74) is 2.05. The molecule has 0 atom stereocenters. The van der Waals surface area contributed by atoms with E-state index in [2.05, 4.69) is 31.6 Å². The summed E-state index contributed by atoms with van der Waals surface area (Å²) in [4.78, 5) is 11.6. The van der Waals surface area contributed by atoms with Gasteiger partial charge < -0.3 is 13.6 Å². The Bertz CT molecular complexity index is 1110. The fourth-order valence-electron chi connectivity index (χ4n) is 2.92. The second kappa shape index (κ2) is 8.40. The molecule has 4 aromatic rings. The molecule has 148 valence electrons. The van der Waals surface area contributed by atoms with Crippen LogP contribution >= 0.6 is 11.8 Å². The van der Waals surface area contributed by atoms with Crippen LogP contribution in [0.25, 0.3) is 11.4 Å². The summed E-state index contributed by atoms with van der Waals surface area (Å²) in [6, 6.07) is 15.4. The predicted molar refractivity (Wildman–Crippen MR) is 108 cm³/mol. The lowest BCUT2D eigenvalue weighted by molar-refractivity contribution is 0.0563. The highest BCUT2D eigenvalue weighted by Gasteiger charge is 2.19. The SMILES string of the molecule is COC(=O)c1ccc(CSc2nnc(-c3ccoc3C)n2Cc2ccccc2)o1. The van der Waals surface area contributed by atoms with Gasteiger partial charge in [-0.3, -0.25) is 4.57 Å². The van der Waals surface area contributed by atoms with E-state index in [1.54, 1.807) is 18.4 Å². The van der Waals surface area contributed by atoms with Crippen molar-refractivity contribution < 1.29 is 18.4 Å². The number of hydrogen-bond donors (Lipinski definition) is 0. The molecule has 8 heteroatoms. The molecular formula is C21H19N3O4S. The Hall–Kier alpha value is -3.26. The lowest BCUT2D eigenvalue weighted by atomic mass is 10.2. The van der Waals surface area contributed by atoms with Crippen molar-refractivity contribution in [3.05, 3.63) is 77.6 Å². The molecule has 0 aliphatic carbocycles. The Labute approximate surface area is 171 Å². The smallest absolute Gasteiger partial charge is 0.373 e. The molecule has 3 aromatic heterocycles. The molecular weight excluding hydrogens is 390 g/mol. The lowest BCUT2D eigenvalue weighted by Gasteiger charge is -2.10. The zero-order valence-corrected chi connectivity index (χ0v) is 16.8. The first kappa shape index (κ1) is 19.1. The Kier molecular flexibility index (Phi) is 5.53. The maximum atomic E-state index is 11.6. The molecule has 0 bridgehead atoms. The molecule has 0 spiro atoms. The van der Waals surface area contributed by atoms with Gasteiger partial charge in [0.15, 0.2) is 11.0 Å². The number of carbonyl (C=O) groups is 1. The highest BCUT2D eigenvalue weighted by molar-refractivity contribution is 7.98. The van der Waals surface area contributed by atoms with Crippen molar-refractivity contribution in [1.29, 1.82) is 0 Å². The summed E-state index contributed by atoms with van der Waals surface area (Å²) in [7, 11) is 1.32. The maximum Gasteiger partial charge on any atom is 0.373 e. The number of methoxy groups -OCH3 is 1. The average molecular weight is 409 g/mol. The number of thioether (sulfide) groups is 1. The molecule has 0 radical (unpaired) electrons. The van der Waals surface area contributed by atoms with Gasteiger partial charge in [0.1, 0.15) is 11.5 Å². The van der Waals surface area contributed by atoms with Gasteiger partial charge in [0, 0.05) is 0 Å². The van der Waals surface area contributed by atoms with E-state index < -0.39 is 5.97 Å². The van der Waals surface area contributed by atoms with Crippen LogP contribution in [0.2, 0.25) is 0 Å². The van der Waals surface area contributed by atoms with E-state index in [0.29, 0.717) is 18.1 Å². The van der Waals surface area contributed by atoms with Gasteiger partial charge >= 0.3 is 5.97 Å². The quantitative estimate of drug-likeness (QED) is 0.327. The molecule has 0 aliphatic rings. The second-order valence-electron chi connectivity index (χ2n) is 6.31. The second-order valence-corrected chi connectivity index (χ2v) is 7.26. The molecule has 0 aliphatic heterocycles. The van der Waals surface area contributed by atoms with Crippen molar-refractivity contribution >= 4 is 17.7 Å². The normalized spacial score (nSPS) is 11.0. The van der Waals surface area contributed by atoms with Crippen LogP contribution in [-0.4, -0.2) is 27.8 Å².